The van der Waals surface area contributed by atoms with Crippen LogP contribution in [-0.2, 0) is 32.6 Å². The van der Waals surface area contributed by atoms with E-state index in [0.29, 0.717) is 5.02 Å². The van der Waals surface area contributed by atoms with Crippen LogP contribution in [-0.4, -0.2) is 43.8 Å². The molecule has 0 unspecified atom stereocenters. The molecule has 4 aromatic carbocycles. The molecule has 0 saturated heterocycles. The first-order valence-electron chi connectivity index (χ1n) is 13.7. The maximum Gasteiger partial charge on any atom is 0.264 e. The lowest BCUT2D eigenvalue weighted by molar-refractivity contribution is -0.140. The molecule has 2 amide bonds. The van der Waals surface area contributed by atoms with Crippen LogP contribution < -0.4 is 9.62 Å². The van der Waals surface area contributed by atoms with Crippen LogP contribution in [0.25, 0.3) is 0 Å². The van der Waals surface area contributed by atoms with E-state index in [1.54, 1.807) is 42.5 Å². The molecule has 42 heavy (non-hydrogen) atoms. The molecule has 1 N–H and O–H groups in total. The van der Waals surface area contributed by atoms with Gasteiger partial charge in [0.15, 0.2) is 0 Å². The molecule has 1 atom stereocenters. The normalized spacial score (nSPS) is 12.0. The van der Waals surface area contributed by atoms with E-state index in [2.05, 4.69) is 5.32 Å². The van der Waals surface area contributed by atoms with Gasteiger partial charge in [-0.3, -0.25) is 13.9 Å². The van der Waals surface area contributed by atoms with Gasteiger partial charge in [-0.15, -0.1) is 0 Å². The highest BCUT2D eigenvalue weighted by Gasteiger charge is 2.34. The van der Waals surface area contributed by atoms with E-state index in [1.165, 1.54) is 17.0 Å². The third kappa shape index (κ3) is 7.99. The van der Waals surface area contributed by atoms with Gasteiger partial charge in [-0.1, -0.05) is 90.5 Å². The summed E-state index contributed by atoms with van der Waals surface area (Å²) in [5.74, 6) is -0.838. The molecule has 4 rings (SSSR count). The van der Waals surface area contributed by atoms with Crippen LogP contribution in [0.2, 0.25) is 5.02 Å². The second-order valence-electron chi connectivity index (χ2n) is 10.2. The average Bonchev–Trinajstić information content (AvgIpc) is 2.99. The van der Waals surface area contributed by atoms with Gasteiger partial charge in [0, 0.05) is 24.0 Å². The SMILES string of the molecule is CC(C)NC(=O)[C@H](Cc1ccccc1)N(Cc1ccccc1)C(=O)CN(c1ccc(Cl)cc1)S(=O)(=O)c1ccccc1. The number of carbonyl (C=O) groups is 2. The van der Waals surface area contributed by atoms with Gasteiger partial charge in [0.2, 0.25) is 11.8 Å². The highest BCUT2D eigenvalue weighted by molar-refractivity contribution is 7.92. The number of benzene rings is 4. The Labute approximate surface area is 252 Å². The van der Waals surface area contributed by atoms with Crippen molar-refractivity contribution in [2.45, 2.75) is 43.8 Å². The maximum absolute atomic E-state index is 14.3. The van der Waals surface area contributed by atoms with Crippen molar-refractivity contribution in [3.05, 3.63) is 131 Å². The monoisotopic (exact) mass is 603 g/mol. The van der Waals surface area contributed by atoms with Gasteiger partial charge < -0.3 is 10.2 Å². The van der Waals surface area contributed by atoms with Gasteiger partial charge >= 0.3 is 0 Å². The molecule has 0 saturated carbocycles. The predicted octanol–water partition coefficient (Wildman–Crippen LogP) is 5.70. The number of rotatable bonds is 12. The molecule has 0 aliphatic heterocycles. The fourth-order valence-electron chi connectivity index (χ4n) is 4.57. The molecule has 9 heteroatoms. The minimum Gasteiger partial charge on any atom is -0.352 e. The first kappa shape index (κ1) is 30.8. The lowest BCUT2D eigenvalue weighted by atomic mass is 10.0. The molecule has 0 heterocycles. The largest absolute Gasteiger partial charge is 0.352 e. The second-order valence-corrected chi connectivity index (χ2v) is 12.5. The molecule has 0 aromatic heterocycles. The molecule has 4 aromatic rings. The molecular formula is C33H34ClN3O4S. The molecule has 0 aliphatic carbocycles. The van der Waals surface area contributed by atoms with E-state index in [4.69, 9.17) is 11.6 Å². The Balaban J connectivity index is 1.78. The van der Waals surface area contributed by atoms with Crippen LogP contribution in [0, 0.1) is 0 Å². The zero-order valence-electron chi connectivity index (χ0n) is 23.6. The predicted molar refractivity (Wildman–Crippen MR) is 167 cm³/mol. The van der Waals surface area contributed by atoms with E-state index < -0.39 is 28.5 Å². The molecule has 0 radical (unpaired) electrons. The van der Waals surface area contributed by atoms with E-state index in [-0.39, 0.29) is 35.5 Å². The van der Waals surface area contributed by atoms with Gasteiger partial charge in [0.25, 0.3) is 10.0 Å². The Kier molecular flexibility index (Phi) is 10.4. The number of nitrogens with zero attached hydrogens (tertiary/aromatic N) is 2. The van der Waals surface area contributed by atoms with Crippen molar-refractivity contribution >= 4 is 39.1 Å². The summed E-state index contributed by atoms with van der Waals surface area (Å²) in [5, 5.41) is 3.38. The number of hydrogen-bond acceptors (Lipinski definition) is 4. The Morgan fingerprint density at radius 1 is 0.762 bits per heavy atom. The smallest absolute Gasteiger partial charge is 0.264 e. The van der Waals surface area contributed by atoms with Gasteiger partial charge in [0.1, 0.15) is 12.6 Å². The van der Waals surface area contributed by atoms with Crippen LogP contribution in [0.1, 0.15) is 25.0 Å². The Morgan fingerprint density at radius 2 is 1.29 bits per heavy atom. The van der Waals surface area contributed by atoms with Crippen molar-refractivity contribution in [2.24, 2.45) is 0 Å². The fourth-order valence-corrected chi connectivity index (χ4v) is 6.13. The zero-order valence-corrected chi connectivity index (χ0v) is 25.1. The Morgan fingerprint density at radius 3 is 1.83 bits per heavy atom. The first-order valence-corrected chi connectivity index (χ1v) is 15.5. The van der Waals surface area contributed by atoms with Gasteiger partial charge in [0.05, 0.1) is 10.6 Å². The highest BCUT2D eigenvalue weighted by atomic mass is 35.5. The number of carbonyl (C=O) groups excluding carboxylic acids is 2. The standard InChI is InChI=1S/C33H34ClN3O4S/c1-25(2)35-33(39)31(22-26-12-6-3-7-13-26)36(23-27-14-8-4-9-15-27)32(38)24-37(29-20-18-28(34)19-21-29)42(40,41)30-16-10-5-11-17-30/h3-21,25,31H,22-24H2,1-2H3,(H,35,39)/t31-/m0/s1. The molecule has 0 aliphatic rings. The summed E-state index contributed by atoms with van der Waals surface area (Å²) >= 11 is 6.10. The van der Waals surface area contributed by atoms with E-state index >= 15 is 0 Å². The first-order chi connectivity index (χ1) is 20.1. The summed E-state index contributed by atoms with van der Waals surface area (Å²) in [6, 6.07) is 32.0. The van der Waals surface area contributed by atoms with E-state index in [0.717, 1.165) is 15.4 Å². The van der Waals surface area contributed by atoms with Crippen LogP contribution in [0.4, 0.5) is 5.69 Å². The quantitative estimate of drug-likeness (QED) is 0.225. The van der Waals surface area contributed by atoms with E-state index in [9.17, 15) is 18.0 Å². The van der Waals surface area contributed by atoms with Crippen LogP contribution in [0.15, 0.2) is 120 Å². The average molecular weight is 604 g/mol. The minimum absolute atomic E-state index is 0.0424. The molecule has 0 bridgehead atoms. The number of amides is 2. The summed E-state index contributed by atoms with van der Waals surface area (Å²) in [6.45, 7) is 3.31. The lowest BCUT2D eigenvalue weighted by Crippen LogP contribution is -2.54. The number of nitrogens with one attached hydrogen (secondary N) is 1. The van der Waals surface area contributed by atoms with Gasteiger partial charge in [-0.05, 0) is 61.4 Å². The third-order valence-corrected chi connectivity index (χ3v) is 8.66. The molecule has 0 spiro atoms. The van der Waals surface area contributed by atoms with Crippen molar-refractivity contribution in [1.29, 1.82) is 0 Å². The summed E-state index contributed by atoms with van der Waals surface area (Å²) in [7, 11) is -4.15. The van der Waals surface area contributed by atoms with Gasteiger partial charge in [-0.2, -0.15) is 0 Å². The van der Waals surface area contributed by atoms with Crippen LogP contribution >= 0.6 is 11.6 Å². The highest BCUT2D eigenvalue weighted by Crippen LogP contribution is 2.26. The summed E-state index contributed by atoms with van der Waals surface area (Å²) < 4.78 is 28.9. The van der Waals surface area contributed by atoms with Crippen LogP contribution in [0.3, 0.4) is 0 Å². The van der Waals surface area contributed by atoms with E-state index in [1.807, 2.05) is 74.5 Å². The molecular weight excluding hydrogens is 570 g/mol. The lowest BCUT2D eigenvalue weighted by Gasteiger charge is -2.34. The van der Waals surface area contributed by atoms with Crippen molar-refractivity contribution in [2.75, 3.05) is 10.8 Å². The fraction of sp³-hybridized carbons (Fsp3) is 0.212. The van der Waals surface area contributed by atoms with Crippen molar-refractivity contribution < 1.29 is 18.0 Å². The maximum atomic E-state index is 14.3. The summed E-state index contributed by atoms with van der Waals surface area (Å²) in [6.07, 6.45) is 0.254. The topological polar surface area (TPSA) is 86.8 Å². The summed E-state index contributed by atoms with van der Waals surface area (Å²) in [4.78, 5) is 29.5. The number of hydrogen-bond donors (Lipinski definition) is 1. The second kappa shape index (κ2) is 14.2. The minimum atomic E-state index is -4.15. The number of sulfonamides is 1. The van der Waals surface area contributed by atoms with Crippen molar-refractivity contribution in [1.82, 2.24) is 10.2 Å². The van der Waals surface area contributed by atoms with Gasteiger partial charge in [-0.25, -0.2) is 8.42 Å². The molecule has 7 nitrogen and oxygen atoms in total. The number of anilines is 1. The molecule has 0 fully saturated rings. The zero-order chi connectivity index (χ0) is 30.1. The third-order valence-electron chi connectivity index (χ3n) is 6.62. The number of halogens is 1. The molecule has 218 valence electrons. The van der Waals surface area contributed by atoms with Crippen LogP contribution in [0.5, 0.6) is 0 Å². The summed E-state index contributed by atoms with van der Waals surface area (Å²) in [5.41, 5.74) is 1.96. The Bertz CT molecular complexity index is 1570. The Hall–Kier alpha value is -4.14. The van der Waals surface area contributed by atoms with Crippen molar-refractivity contribution in [3.63, 3.8) is 0 Å². The van der Waals surface area contributed by atoms with Crippen molar-refractivity contribution in [3.8, 4) is 0 Å².